The third-order valence-corrected chi connectivity index (χ3v) is 4.04. The molecule has 1 aromatic heterocycles. The van der Waals surface area contributed by atoms with Gasteiger partial charge in [-0.05, 0) is 49.3 Å². The third-order valence-electron chi connectivity index (χ3n) is 4.04. The summed E-state index contributed by atoms with van der Waals surface area (Å²) in [5.74, 6) is 5.88. The molecule has 0 spiro atoms. The van der Waals surface area contributed by atoms with Crippen molar-refractivity contribution in [3.8, 4) is 11.8 Å². The summed E-state index contributed by atoms with van der Waals surface area (Å²) in [6.45, 7) is 0.612. The van der Waals surface area contributed by atoms with E-state index in [0.29, 0.717) is 25.2 Å². The van der Waals surface area contributed by atoms with Gasteiger partial charge < -0.3 is 14.8 Å². The van der Waals surface area contributed by atoms with Gasteiger partial charge in [0.05, 0.1) is 18.2 Å². The average molecular weight is 384 g/mol. The Bertz CT molecular complexity index is 862. The van der Waals surface area contributed by atoms with E-state index in [2.05, 4.69) is 21.8 Å². The van der Waals surface area contributed by atoms with Crippen LogP contribution in [0.25, 0.3) is 0 Å². The quantitative estimate of drug-likeness (QED) is 0.771. The molecular formula is C22H26F2N4. The molecule has 0 saturated carbocycles. The lowest BCUT2D eigenvalue weighted by Crippen LogP contribution is -2.19. The second-order valence-corrected chi connectivity index (χ2v) is 6.66. The molecule has 0 atom stereocenters. The van der Waals surface area contributed by atoms with E-state index in [1.165, 1.54) is 12.4 Å². The molecular weight excluding hydrogens is 358 g/mol. The monoisotopic (exact) mass is 384 g/mol. The lowest BCUT2D eigenvalue weighted by molar-refractivity contribution is 0.401. The number of H-pyrrole nitrogens is 1. The van der Waals surface area contributed by atoms with E-state index in [0.717, 1.165) is 23.0 Å². The van der Waals surface area contributed by atoms with Gasteiger partial charge in [0.15, 0.2) is 0 Å². The largest absolute Gasteiger partial charge is 0.372 e. The number of rotatable bonds is 6. The van der Waals surface area contributed by atoms with E-state index in [4.69, 9.17) is 0 Å². The number of alkyl halides is 1. The zero-order chi connectivity index (χ0) is 20.4. The minimum atomic E-state index is -0.415. The molecule has 0 bridgehead atoms. The van der Waals surface area contributed by atoms with E-state index < -0.39 is 5.82 Å². The fraction of sp³-hybridized carbons (Fsp3) is 0.318. The van der Waals surface area contributed by atoms with Crippen LogP contribution in [-0.4, -0.2) is 49.2 Å². The maximum atomic E-state index is 13.6. The SMILES string of the molecule is CN(C)Cc1ccc(F)cnc[nH]c1C#CCc1ccc(N(C)CCF)cc1. The lowest BCUT2D eigenvalue weighted by atomic mass is 10.1. The molecule has 0 fully saturated rings. The number of aromatic nitrogens is 2. The summed E-state index contributed by atoms with van der Waals surface area (Å²) in [6, 6.07) is 11.0. The van der Waals surface area contributed by atoms with Gasteiger partial charge in [-0.15, -0.1) is 0 Å². The van der Waals surface area contributed by atoms with Crippen LogP contribution in [0.4, 0.5) is 14.5 Å². The average Bonchev–Trinajstić information content (AvgIpc) is 2.74. The Labute approximate surface area is 165 Å². The van der Waals surface area contributed by atoms with Crippen LogP contribution in [0, 0.1) is 17.7 Å². The molecule has 1 aromatic carbocycles. The first-order valence-electron chi connectivity index (χ1n) is 9.04. The minimum Gasteiger partial charge on any atom is -0.372 e. The van der Waals surface area contributed by atoms with E-state index in [1.54, 1.807) is 6.07 Å². The number of benzene rings is 1. The summed E-state index contributed by atoms with van der Waals surface area (Å²) >= 11 is 0. The standard InChI is InChI=1S/C22H26F2N4/c1-27(2)16-19-9-10-20(24)15-25-17-26-22(19)6-4-5-18-7-11-21(12-8-18)28(3)14-13-23/h7-12,15,17H,5,13-14,16H2,1-3H3,(H,25,26). The van der Waals surface area contributed by atoms with E-state index in [9.17, 15) is 8.78 Å². The van der Waals surface area contributed by atoms with Gasteiger partial charge in [0.2, 0.25) is 0 Å². The minimum absolute atomic E-state index is 0.373. The number of halogens is 2. The molecule has 1 heterocycles. The van der Waals surface area contributed by atoms with Crippen LogP contribution in [0.5, 0.6) is 0 Å². The number of nitrogens with zero attached hydrogens (tertiary/aromatic N) is 3. The zero-order valence-corrected chi connectivity index (χ0v) is 16.5. The topological polar surface area (TPSA) is 35.2 Å². The summed E-state index contributed by atoms with van der Waals surface area (Å²) in [5.41, 5.74) is 3.60. The summed E-state index contributed by atoms with van der Waals surface area (Å²) in [6.07, 6.45) is 3.15. The van der Waals surface area contributed by atoms with Crippen LogP contribution in [-0.2, 0) is 13.0 Å². The first kappa shape index (κ1) is 21.4. The Morgan fingerprint density at radius 2 is 1.82 bits per heavy atom. The molecule has 0 radical (unpaired) electrons. The molecule has 4 nitrogen and oxygen atoms in total. The normalized spacial score (nSPS) is 10.2. The number of anilines is 1. The highest BCUT2D eigenvalue weighted by atomic mass is 19.1. The number of hydrogen-bond acceptors (Lipinski definition) is 3. The molecule has 2 aromatic rings. The Hall–Kier alpha value is -2.91. The highest BCUT2D eigenvalue weighted by Crippen LogP contribution is 2.14. The molecule has 0 saturated heterocycles. The van der Waals surface area contributed by atoms with Crippen molar-refractivity contribution in [2.24, 2.45) is 0 Å². The molecule has 0 aliphatic rings. The fourth-order valence-electron chi connectivity index (χ4n) is 2.56. The van der Waals surface area contributed by atoms with Crippen molar-refractivity contribution in [3.05, 3.63) is 71.6 Å². The van der Waals surface area contributed by atoms with Crippen molar-refractivity contribution in [1.82, 2.24) is 14.9 Å². The summed E-state index contributed by atoms with van der Waals surface area (Å²) in [7, 11) is 5.75. The first-order chi connectivity index (χ1) is 13.5. The van der Waals surface area contributed by atoms with Crippen molar-refractivity contribution in [2.45, 2.75) is 13.0 Å². The van der Waals surface area contributed by atoms with Crippen molar-refractivity contribution < 1.29 is 8.78 Å². The van der Waals surface area contributed by atoms with Crippen molar-refractivity contribution in [2.75, 3.05) is 39.3 Å². The van der Waals surface area contributed by atoms with Gasteiger partial charge in [-0.1, -0.05) is 24.1 Å². The van der Waals surface area contributed by atoms with Gasteiger partial charge in [0, 0.05) is 32.2 Å². The molecule has 6 heteroatoms. The molecule has 148 valence electrons. The van der Waals surface area contributed by atoms with E-state index in [1.807, 2.05) is 55.2 Å². The van der Waals surface area contributed by atoms with Gasteiger partial charge in [-0.2, -0.15) is 0 Å². The van der Waals surface area contributed by atoms with Gasteiger partial charge >= 0.3 is 0 Å². The number of aromatic amines is 1. The van der Waals surface area contributed by atoms with Gasteiger partial charge in [-0.25, -0.2) is 13.8 Å². The zero-order valence-electron chi connectivity index (χ0n) is 16.5. The Kier molecular flexibility index (Phi) is 8.44. The Balaban J connectivity index is 2.23. The van der Waals surface area contributed by atoms with Crippen molar-refractivity contribution in [3.63, 3.8) is 0 Å². The van der Waals surface area contributed by atoms with Crippen LogP contribution in [0.15, 0.2) is 48.9 Å². The highest BCUT2D eigenvalue weighted by Gasteiger charge is 2.01. The summed E-state index contributed by atoms with van der Waals surface area (Å²) in [5, 5.41) is 0. The molecule has 2 rings (SSSR count). The number of hydrogen-bond donors (Lipinski definition) is 1. The second-order valence-electron chi connectivity index (χ2n) is 6.66. The third kappa shape index (κ3) is 7.01. The smallest absolute Gasteiger partial charge is 0.141 e. The predicted octanol–water partition coefficient (Wildman–Crippen LogP) is 3.73. The fourth-order valence-corrected chi connectivity index (χ4v) is 2.56. The molecule has 28 heavy (non-hydrogen) atoms. The first-order valence-corrected chi connectivity index (χ1v) is 9.04. The molecule has 0 aliphatic heterocycles. The van der Waals surface area contributed by atoms with Gasteiger partial charge in [0.25, 0.3) is 0 Å². The Morgan fingerprint density at radius 1 is 1.07 bits per heavy atom. The lowest BCUT2D eigenvalue weighted by Gasteiger charge is -2.17. The summed E-state index contributed by atoms with van der Waals surface area (Å²) < 4.78 is 26.0. The van der Waals surface area contributed by atoms with Crippen LogP contribution >= 0.6 is 0 Å². The van der Waals surface area contributed by atoms with E-state index in [-0.39, 0.29) is 6.67 Å². The molecule has 1 N–H and O–H groups in total. The van der Waals surface area contributed by atoms with Crippen LogP contribution in [0.2, 0.25) is 0 Å². The van der Waals surface area contributed by atoms with Gasteiger partial charge in [0.1, 0.15) is 12.5 Å². The number of nitrogens with one attached hydrogen (secondary N) is 1. The van der Waals surface area contributed by atoms with Crippen LogP contribution in [0.1, 0.15) is 16.8 Å². The summed E-state index contributed by atoms with van der Waals surface area (Å²) in [4.78, 5) is 10.8. The maximum Gasteiger partial charge on any atom is 0.141 e. The van der Waals surface area contributed by atoms with Crippen molar-refractivity contribution >= 4 is 5.69 Å². The molecule has 0 unspecified atom stereocenters. The molecule has 0 aliphatic carbocycles. The maximum absolute atomic E-state index is 13.6. The predicted molar refractivity (Wildman–Crippen MR) is 110 cm³/mol. The van der Waals surface area contributed by atoms with Crippen molar-refractivity contribution in [1.29, 1.82) is 0 Å². The van der Waals surface area contributed by atoms with Gasteiger partial charge in [-0.3, -0.25) is 0 Å². The molecule has 0 amide bonds. The van der Waals surface area contributed by atoms with E-state index >= 15 is 0 Å². The van der Waals surface area contributed by atoms with Crippen LogP contribution < -0.4 is 4.90 Å². The van der Waals surface area contributed by atoms with Crippen LogP contribution in [0.3, 0.4) is 0 Å². The highest BCUT2D eigenvalue weighted by molar-refractivity contribution is 5.47. The Morgan fingerprint density at radius 3 is 2.50 bits per heavy atom. The second kappa shape index (κ2) is 11.1.